The molecule has 0 fully saturated rings. The predicted octanol–water partition coefficient (Wildman–Crippen LogP) is 2.59. The van der Waals surface area contributed by atoms with Gasteiger partial charge in [-0.2, -0.15) is 11.8 Å². The van der Waals surface area contributed by atoms with Gasteiger partial charge in [-0.25, -0.2) is 4.39 Å². The van der Waals surface area contributed by atoms with Crippen molar-refractivity contribution >= 4 is 11.8 Å². The highest BCUT2D eigenvalue weighted by Crippen LogP contribution is 2.15. The molecule has 2 N–H and O–H groups in total. The van der Waals surface area contributed by atoms with E-state index in [2.05, 4.69) is 18.5 Å². The lowest BCUT2D eigenvalue weighted by Crippen LogP contribution is -2.24. The highest BCUT2D eigenvalue weighted by Gasteiger charge is 2.11. The maximum absolute atomic E-state index is 13.3. The zero-order valence-electron chi connectivity index (χ0n) is 10.3. The normalized spacial score (nSPS) is 14.6. The molecular formula is C13H20FNOS. The molecule has 0 spiro atoms. The summed E-state index contributed by atoms with van der Waals surface area (Å²) in [5.74, 6) is -0.348. The third kappa shape index (κ3) is 5.06. The van der Waals surface area contributed by atoms with Gasteiger partial charge in [-0.1, -0.05) is 25.1 Å². The Morgan fingerprint density at radius 3 is 2.76 bits per heavy atom. The smallest absolute Gasteiger partial charge is 0.129 e. The maximum atomic E-state index is 13.3. The number of rotatable bonds is 7. The molecule has 0 bridgehead atoms. The summed E-state index contributed by atoms with van der Waals surface area (Å²) in [5.41, 5.74) is 0.359. The summed E-state index contributed by atoms with van der Waals surface area (Å²) < 4.78 is 13.3. The summed E-state index contributed by atoms with van der Waals surface area (Å²) >= 11 is 1.82. The lowest BCUT2D eigenvalue weighted by molar-refractivity contribution is 0.170. The first-order valence-corrected chi connectivity index (χ1v) is 7.10. The van der Waals surface area contributed by atoms with Crippen LogP contribution in [0.2, 0.25) is 0 Å². The molecule has 1 aromatic rings. The van der Waals surface area contributed by atoms with Crippen LogP contribution in [-0.2, 0) is 0 Å². The Bertz CT molecular complexity index is 335. The molecule has 0 radical (unpaired) electrons. The Morgan fingerprint density at radius 1 is 1.41 bits per heavy atom. The first-order valence-electron chi connectivity index (χ1n) is 5.81. The van der Waals surface area contributed by atoms with Crippen LogP contribution in [-0.4, -0.2) is 29.7 Å². The molecule has 0 aliphatic carbocycles. The van der Waals surface area contributed by atoms with Crippen LogP contribution in [0.1, 0.15) is 25.0 Å². The van der Waals surface area contributed by atoms with Gasteiger partial charge in [-0.15, -0.1) is 0 Å². The van der Waals surface area contributed by atoms with E-state index in [1.165, 1.54) is 6.07 Å². The van der Waals surface area contributed by atoms with Crippen molar-refractivity contribution in [3.8, 4) is 0 Å². The van der Waals surface area contributed by atoms with Gasteiger partial charge in [0.05, 0.1) is 6.10 Å². The molecule has 0 aliphatic rings. The summed E-state index contributed by atoms with van der Waals surface area (Å²) in [6, 6.07) is 6.34. The average molecular weight is 257 g/mol. The minimum absolute atomic E-state index is 0.348. The van der Waals surface area contributed by atoms with E-state index in [-0.39, 0.29) is 5.82 Å². The summed E-state index contributed by atoms with van der Waals surface area (Å²) in [4.78, 5) is 0. The fraction of sp³-hybridized carbons (Fsp3) is 0.538. The van der Waals surface area contributed by atoms with Crippen molar-refractivity contribution in [3.63, 3.8) is 0 Å². The topological polar surface area (TPSA) is 32.3 Å². The van der Waals surface area contributed by atoms with Crippen LogP contribution in [0.5, 0.6) is 0 Å². The first-order chi connectivity index (χ1) is 8.15. The van der Waals surface area contributed by atoms with Gasteiger partial charge in [0.1, 0.15) is 5.82 Å². The Kier molecular flexibility index (Phi) is 6.55. The van der Waals surface area contributed by atoms with Crippen molar-refractivity contribution in [2.45, 2.75) is 24.7 Å². The van der Waals surface area contributed by atoms with Crippen LogP contribution in [0.4, 0.5) is 4.39 Å². The Labute approximate surface area is 107 Å². The number of nitrogens with one attached hydrogen (secondary N) is 1. The number of aliphatic hydroxyl groups is 1. The molecule has 2 atom stereocenters. The Hall–Kier alpha value is -0.580. The third-order valence-corrected chi connectivity index (χ3v) is 3.77. The van der Waals surface area contributed by atoms with Crippen LogP contribution in [0.15, 0.2) is 24.3 Å². The van der Waals surface area contributed by atoms with E-state index in [1.54, 1.807) is 18.2 Å². The van der Waals surface area contributed by atoms with Crippen LogP contribution < -0.4 is 5.32 Å². The zero-order chi connectivity index (χ0) is 12.7. The molecule has 96 valence electrons. The first kappa shape index (κ1) is 14.5. The van der Waals surface area contributed by atoms with E-state index < -0.39 is 6.10 Å². The molecule has 2 nitrogen and oxygen atoms in total. The standard InChI is InChI=1S/C13H20FNOS/c1-10(17-2)7-8-15-9-13(16)11-5-3-4-6-12(11)14/h3-6,10,13,15-16H,7-9H2,1-2H3. The third-order valence-electron chi connectivity index (χ3n) is 2.73. The summed E-state index contributed by atoms with van der Waals surface area (Å²) in [7, 11) is 0. The summed E-state index contributed by atoms with van der Waals surface area (Å²) in [6.07, 6.45) is 2.35. The van der Waals surface area contributed by atoms with Gasteiger partial charge in [-0.3, -0.25) is 0 Å². The molecule has 1 rings (SSSR count). The van der Waals surface area contributed by atoms with Gasteiger partial charge < -0.3 is 10.4 Å². The monoisotopic (exact) mass is 257 g/mol. The van der Waals surface area contributed by atoms with Gasteiger partial charge in [0.15, 0.2) is 0 Å². The molecule has 17 heavy (non-hydrogen) atoms. The summed E-state index contributed by atoms with van der Waals surface area (Å²) in [6.45, 7) is 3.40. The molecule has 1 aromatic carbocycles. The Morgan fingerprint density at radius 2 is 2.12 bits per heavy atom. The molecule has 0 aliphatic heterocycles. The van der Waals surface area contributed by atoms with E-state index in [0.717, 1.165) is 13.0 Å². The van der Waals surface area contributed by atoms with Crippen molar-refractivity contribution < 1.29 is 9.50 Å². The van der Waals surface area contributed by atoms with Gasteiger partial charge in [0.25, 0.3) is 0 Å². The van der Waals surface area contributed by atoms with E-state index in [9.17, 15) is 9.50 Å². The predicted molar refractivity (Wildman–Crippen MR) is 71.8 cm³/mol. The SMILES string of the molecule is CSC(C)CCNCC(O)c1ccccc1F. The fourth-order valence-electron chi connectivity index (χ4n) is 1.52. The number of benzene rings is 1. The van der Waals surface area contributed by atoms with Crippen molar-refractivity contribution in [2.24, 2.45) is 0 Å². The second-order valence-electron chi connectivity index (χ2n) is 4.08. The van der Waals surface area contributed by atoms with Crippen LogP contribution in [0, 0.1) is 5.82 Å². The molecular weight excluding hydrogens is 237 g/mol. The lowest BCUT2D eigenvalue weighted by Gasteiger charge is -2.14. The number of halogens is 1. The van der Waals surface area contributed by atoms with Gasteiger partial charge >= 0.3 is 0 Å². The summed E-state index contributed by atoms with van der Waals surface area (Å²) in [5, 5.41) is 13.6. The number of hydrogen-bond acceptors (Lipinski definition) is 3. The quantitative estimate of drug-likeness (QED) is 0.736. The van der Waals surface area contributed by atoms with Crippen molar-refractivity contribution in [3.05, 3.63) is 35.6 Å². The van der Waals surface area contributed by atoms with Crippen LogP contribution in [0.3, 0.4) is 0 Å². The van der Waals surface area contributed by atoms with E-state index in [1.807, 2.05) is 11.8 Å². The van der Waals surface area contributed by atoms with E-state index >= 15 is 0 Å². The largest absolute Gasteiger partial charge is 0.387 e. The minimum Gasteiger partial charge on any atom is -0.387 e. The van der Waals surface area contributed by atoms with Gasteiger partial charge in [-0.05, 0) is 25.3 Å². The number of thioether (sulfide) groups is 1. The van der Waals surface area contributed by atoms with Gasteiger partial charge in [0, 0.05) is 17.4 Å². The lowest BCUT2D eigenvalue weighted by atomic mass is 10.1. The van der Waals surface area contributed by atoms with Crippen LogP contribution in [0.25, 0.3) is 0 Å². The minimum atomic E-state index is -0.777. The number of hydrogen-bond donors (Lipinski definition) is 2. The molecule has 0 saturated heterocycles. The van der Waals surface area contributed by atoms with Crippen molar-refractivity contribution in [1.82, 2.24) is 5.32 Å². The average Bonchev–Trinajstić information content (AvgIpc) is 2.34. The number of aliphatic hydroxyl groups excluding tert-OH is 1. The molecule has 0 saturated carbocycles. The Balaban J connectivity index is 2.30. The molecule has 0 aromatic heterocycles. The van der Waals surface area contributed by atoms with Crippen LogP contribution >= 0.6 is 11.8 Å². The highest BCUT2D eigenvalue weighted by molar-refractivity contribution is 7.99. The molecule has 0 heterocycles. The molecule has 2 unspecified atom stereocenters. The second kappa shape index (κ2) is 7.69. The van der Waals surface area contributed by atoms with E-state index in [4.69, 9.17) is 0 Å². The van der Waals surface area contributed by atoms with E-state index in [0.29, 0.717) is 17.4 Å². The highest BCUT2D eigenvalue weighted by atomic mass is 32.2. The zero-order valence-corrected chi connectivity index (χ0v) is 11.1. The van der Waals surface area contributed by atoms with Crippen molar-refractivity contribution in [1.29, 1.82) is 0 Å². The second-order valence-corrected chi connectivity index (χ2v) is 5.35. The molecule has 4 heteroatoms. The fourth-order valence-corrected chi connectivity index (χ4v) is 1.87. The van der Waals surface area contributed by atoms with Gasteiger partial charge in [0.2, 0.25) is 0 Å². The maximum Gasteiger partial charge on any atom is 0.129 e. The molecule has 0 amide bonds. The van der Waals surface area contributed by atoms with Crippen molar-refractivity contribution in [2.75, 3.05) is 19.3 Å².